The fraction of sp³-hybridized carbons (Fsp3) is 0.500. The Morgan fingerprint density at radius 2 is 2.17 bits per heavy atom. The summed E-state index contributed by atoms with van der Waals surface area (Å²) in [5.74, 6) is -0.297. The molecule has 0 saturated heterocycles. The molecule has 0 unspecified atom stereocenters. The Morgan fingerprint density at radius 1 is 1.44 bits per heavy atom. The van der Waals surface area contributed by atoms with Crippen LogP contribution in [0.5, 0.6) is 0 Å². The highest BCUT2D eigenvalue weighted by molar-refractivity contribution is 5.41. The molecule has 1 fully saturated rings. The van der Waals surface area contributed by atoms with E-state index in [0.717, 1.165) is 36.8 Å². The maximum atomic E-state index is 13.3. The van der Waals surface area contributed by atoms with E-state index >= 15 is 0 Å². The van der Waals surface area contributed by atoms with E-state index in [1.54, 1.807) is 19.3 Å². The van der Waals surface area contributed by atoms with Gasteiger partial charge in [0.25, 0.3) is 0 Å². The summed E-state index contributed by atoms with van der Waals surface area (Å²) in [5, 5.41) is 0. The normalized spacial score (nSPS) is 17.4. The first kappa shape index (κ1) is 12.9. The molecule has 0 bridgehead atoms. The van der Waals surface area contributed by atoms with Gasteiger partial charge >= 0.3 is 0 Å². The average Bonchev–Trinajstić information content (AvgIpc) is 2.79. The Hall–Kier alpha value is -1.51. The molecular formula is C14H16FNO2. The summed E-state index contributed by atoms with van der Waals surface area (Å²) in [6, 6.07) is 4.59. The second kappa shape index (κ2) is 5.42. The lowest BCUT2D eigenvalue weighted by molar-refractivity contribution is 0.182. The summed E-state index contributed by atoms with van der Waals surface area (Å²) in [5.41, 5.74) is 1.13. The van der Waals surface area contributed by atoms with Gasteiger partial charge in [-0.05, 0) is 36.1 Å². The minimum Gasteiger partial charge on any atom is -0.380 e. The van der Waals surface area contributed by atoms with Gasteiger partial charge in [0.05, 0.1) is 12.1 Å². The van der Waals surface area contributed by atoms with Crippen LogP contribution in [0.15, 0.2) is 23.2 Å². The van der Waals surface area contributed by atoms with Gasteiger partial charge in [0, 0.05) is 7.11 Å². The van der Waals surface area contributed by atoms with Crippen LogP contribution < -0.4 is 0 Å². The molecule has 1 saturated carbocycles. The maximum absolute atomic E-state index is 13.3. The number of nitrogens with zero attached hydrogens (tertiary/aromatic N) is 1. The van der Waals surface area contributed by atoms with Crippen molar-refractivity contribution in [3.63, 3.8) is 0 Å². The van der Waals surface area contributed by atoms with Crippen LogP contribution in [0.2, 0.25) is 0 Å². The number of benzene rings is 1. The monoisotopic (exact) mass is 249 g/mol. The lowest BCUT2D eigenvalue weighted by Gasteiger charge is -2.25. The predicted molar refractivity (Wildman–Crippen MR) is 65.4 cm³/mol. The molecule has 1 aliphatic carbocycles. The molecule has 1 aliphatic rings. The van der Waals surface area contributed by atoms with Crippen molar-refractivity contribution >= 4 is 6.08 Å². The zero-order valence-corrected chi connectivity index (χ0v) is 10.4. The summed E-state index contributed by atoms with van der Waals surface area (Å²) in [6.07, 6.45) is 5.34. The van der Waals surface area contributed by atoms with E-state index < -0.39 is 5.54 Å². The summed E-state index contributed by atoms with van der Waals surface area (Å²) < 4.78 is 18.4. The van der Waals surface area contributed by atoms with Crippen LogP contribution in [-0.2, 0) is 21.7 Å². The minimum atomic E-state index is -0.524. The van der Waals surface area contributed by atoms with Gasteiger partial charge in [-0.2, -0.15) is 4.99 Å². The van der Waals surface area contributed by atoms with Crippen molar-refractivity contribution in [2.75, 3.05) is 7.11 Å². The summed E-state index contributed by atoms with van der Waals surface area (Å²) in [6.45, 7) is 0.323. The Bertz CT molecular complexity index is 475. The second-order valence-electron chi connectivity index (χ2n) is 4.68. The van der Waals surface area contributed by atoms with E-state index in [0.29, 0.717) is 6.61 Å². The topological polar surface area (TPSA) is 38.7 Å². The number of halogens is 1. The minimum absolute atomic E-state index is 0.297. The molecule has 0 aliphatic heterocycles. The van der Waals surface area contributed by atoms with Gasteiger partial charge in [0.1, 0.15) is 5.82 Å². The molecule has 1 aromatic rings. The second-order valence-corrected chi connectivity index (χ2v) is 4.68. The zero-order valence-electron chi connectivity index (χ0n) is 10.4. The van der Waals surface area contributed by atoms with E-state index in [1.165, 1.54) is 12.1 Å². The van der Waals surface area contributed by atoms with Crippen LogP contribution in [0.25, 0.3) is 0 Å². The van der Waals surface area contributed by atoms with Crippen molar-refractivity contribution in [1.82, 2.24) is 0 Å². The van der Waals surface area contributed by atoms with Gasteiger partial charge in [0.2, 0.25) is 6.08 Å². The quantitative estimate of drug-likeness (QED) is 0.607. The van der Waals surface area contributed by atoms with Crippen molar-refractivity contribution < 1.29 is 13.9 Å². The third-order valence-electron chi connectivity index (χ3n) is 3.56. The molecule has 0 spiro atoms. The number of isocyanates is 1. The van der Waals surface area contributed by atoms with Crippen LogP contribution in [0.1, 0.15) is 36.8 Å². The maximum Gasteiger partial charge on any atom is 0.235 e. The molecular weight excluding hydrogens is 233 g/mol. The lowest BCUT2D eigenvalue weighted by Crippen LogP contribution is -2.21. The molecule has 2 rings (SSSR count). The number of rotatable bonds is 4. The van der Waals surface area contributed by atoms with Crippen molar-refractivity contribution in [3.8, 4) is 0 Å². The number of methoxy groups -OCH3 is 1. The number of aliphatic imine (C=N–C) groups is 1. The Labute approximate surface area is 106 Å². The van der Waals surface area contributed by atoms with Gasteiger partial charge in [-0.3, -0.25) is 0 Å². The van der Waals surface area contributed by atoms with Gasteiger partial charge in [0.15, 0.2) is 0 Å². The first-order chi connectivity index (χ1) is 8.72. The predicted octanol–water partition coefficient (Wildman–Crippen LogP) is 3.08. The van der Waals surface area contributed by atoms with Crippen LogP contribution >= 0.6 is 0 Å². The van der Waals surface area contributed by atoms with Crippen LogP contribution in [0.3, 0.4) is 0 Å². The average molecular weight is 249 g/mol. The zero-order chi connectivity index (χ0) is 13.0. The molecule has 1 aromatic carbocycles. The van der Waals surface area contributed by atoms with Crippen molar-refractivity contribution in [3.05, 3.63) is 35.1 Å². The molecule has 0 heterocycles. The molecule has 4 heteroatoms. The Kier molecular flexibility index (Phi) is 3.90. The number of carbonyl (C=O) groups excluding carboxylic acids is 1. The van der Waals surface area contributed by atoms with Crippen molar-refractivity contribution in [1.29, 1.82) is 0 Å². The molecule has 0 aromatic heterocycles. The standard InChI is InChI=1S/C14H16FNO2/c1-18-9-11-8-12(15)4-5-13(11)14(16-10-17)6-2-3-7-14/h4-5,8H,2-3,6-7,9H2,1H3. The van der Waals surface area contributed by atoms with Crippen LogP contribution in [-0.4, -0.2) is 13.2 Å². The van der Waals surface area contributed by atoms with E-state index in [1.807, 2.05) is 0 Å². The molecule has 0 radical (unpaired) electrons. The van der Waals surface area contributed by atoms with E-state index in [4.69, 9.17) is 4.74 Å². The summed E-state index contributed by atoms with van der Waals surface area (Å²) in [7, 11) is 1.57. The summed E-state index contributed by atoms with van der Waals surface area (Å²) >= 11 is 0. The lowest BCUT2D eigenvalue weighted by atomic mass is 9.85. The summed E-state index contributed by atoms with van der Waals surface area (Å²) in [4.78, 5) is 14.7. The molecule has 18 heavy (non-hydrogen) atoms. The number of hydrogen-bond donors (Lipinski definition) is 0. The van der Waals surface area contributed by atoms with Crippen molar-refractivity contribution in [2.24, 2.45) is 4.99 Å². The fourth-order valence-corrected chi connectivity index (χ4v) is 2.78. The SMILES string of the molecule is COCc1cc(F)ccc1C1(N=C=O)CCCC1. The Morgan fingerprint density at radius 3 is 2.78 bits per heavy atom. The van der Waals surface area contributed by atoms with E-state index in [9.17, 15) is 9.18 Å². The molecule has 0 amide bonds. The number of ether oxygens (including phenoxy) is 1. The van der Waals surface area contributed by atoms with E-state index in [-0.39, 0.29) is 5.82 Å². The van der Waals surface area contributed by atoms with Gasteiger partial charge in [-0.1, -0.05) is 18.9 Å². The third kappa shape index (κ3) is 2.35. The van der Waals surface area contributed by atoms with Crippen LogP contribution in [0, 0.1) is 5.82 Å². The van der Waals surface area contributed by atoms with Crippen molar-refractivity contribution in [2.45, 2.75) is 37.8 Å². The molecule has 0 atom stereocenters. The molecule has 0 N–H and O–H groups in total. The van der Waals surface area contributed by atoms with E-state index in [2.05, 4.69) is 4.99 Å². The van der Waals surface area contributed by atoms with Crippen LogP contribution in [0.4, 0.5) is 4.39 Å². The highest BCUT2D eigenvalue weighted by atomic mass is 19.1. The van der Waals surface area contributed by atoms with Gasteiger partial charge in [-0.15, -0.1) is 0 Å². The first-order valence-corrected chi connectivity index (χ1v) is 6.09. The van der Waals surface area contributed by atoms with Gasteiger partial charge < -0.3 is 4.74 Å². The third-order valence-corrected chi connectivity index (χ3v) is 3.56. The van der Waals surface area contributed by atoms with Gasteiger partial charge in [-0.25, -0.2) is 9.18 Å². The molecule has 96 valence electrons. The smallest absolute Gasteiger partial charge is 0.235 e. The Balaban J connectivity index is 2.50. The highest BCUT2D eigenvalue weighted by Crippen LogP contribution is 2.43. The largest absolute Gasteiger partial charge is 0.380 e. The fourth-order valence-electron chi connectivity index (χ4n) is 2.78. The molecule has 3 nitrogen and oxygen atoms in total. The highest BCUT2D eigenvalue weighted by Gasteiger charge is 2.37. The first-order valence-electron chi connectivity index (χ1n) is 6.09. The number of hydrogen-bond acceptors (Lipinski definition) is 3.